The first kappa shape index (κ1) is 16.6. The van der Waals surface area contributed by atoms with E-state index in [0.29, 0.717) is 15.7 Å². The molecule has 0 bridgehead atoms. The molecule has 0 aliphatic rings. The predicted molar refractivity (Wildman–Crippen MR) is 99.1 cm³/mol. The van der Waals surface area contributed by atoms with Crippen molar-refractivity contribution in [3.05, 3.63) is 64.3 Å². The molecule has 0 radical (unpaired) electrons. The maximum atomic E-state index is 5.93. The summed E-state index contributed by atoms with van der Waals surface area (Å²) in [6, 6.07) is 14.7. The van der Waals surface area contributed by atoms with Gasteiger partial charge in [-0.2, -0.15) is 0 Å². The van der Waals surface area contributed by atoms with E-state index in [1.807, 2.05) is 31.2 Å². The minimum atomic E-state index is 0.253. The third kappa shape index (κ3) is 3.26. The number of nitrogens with one attached hydrogen (secondary N) is 1. The second-order valence-corrected chi connectivity index (χ2v) is 6.33. The molecule has 0 atom stereocenters. The first-order chi connectivity index (χ1) is 12.6. The molecule has 0 aliphatic carbocycles. The van der Waals surface area contributed by atoms with Gasteiger partial charge in [-0.3, -0.25) is 0 Å². The van der Waals surface area contributed by atoms with Gasteiger partial charge in [-0.05, 0) is 55.5 Å². The SMILES string of the molecule is Cc1c(-c2nnc(Nc3ccc(Cl)cc3)o2)nnn1-c1ccc(Cl)cc1. The number of hydrogen-bond acceptors (Lipinski definition) is 6. The number of halogens is 2. The standard InChI is InChI=1S/C17H12Cl2N6O/c1-10-15(21-24-25(10)14-8-4-12(19)5-9-14)16-22-23-17(26-16)20-13-6-2-11(18)3-7-13/h2-9H,1H3,(H,20,23). The summed E-state index contributed by atoms with van der Waals surface area (Å²) in [7, 11) is 0. The monoisotopic (exact) mass is 386 g/mol. The fraction of sp³-hybridized carbons (Fsp3) is 0.0588. The van der Waals surface area contributed by atoms with Gasteiger partial charge in [0.15, 0.2) is 5.69 Å². The van der Waals surface area contributed by atoms with Crippen molar-refractivity contribution in [1.82, 2.24) is 25.2 Å². The summed E-state index contributed by atoms with van der Waals surface area (Å²) in [6.07, 6.45) is 0. The Balaban J connectivity index is 1.60. The number of benzene rings is 2. The third-order valence-corrected chi connectivity index (χ3v) is 4.19. The highest BCUT2D eigenvalue weighted by atomic mass is 35.5. The van der Waals surface area contributed by atoms with Crippen molar-refractivity contribution < 1.29 is 4.42 Å². The lowest BCUT2D eigenvalue weighted by Gasteiger charge is -2.02. The van der Waals surface area contributed by atoms with Gasteiger partial charge in [0.25, 0.3) is 5.89 Å². The molecule has 0 amide bonds. The van der Waals surface area contributed by atoms with Crippen LogP contribution in [-0.2, 0) is 0 Å². The first-order valence-corrected chi connectivity index (χ1v) is 8.40. The summed E-state index contributed by atoms with van der Waals surface area (Å²) in [4.78, 5) is 0. The Bertz CT molecular complexity index is 1040. The van der Waals surface area contributed by atoms with Gasteiger partial charge >= 0.3 is 6.01 Å². The summed E-state index contributed by atoms with van der Waals surface area (Å²) >= 11 is 11.8. The molecule has 0 saturated heterocycles. The molecule has 0 unspecified atom stereocenters. The molecule has 4 rings (SSSR count). The van der Waals surface area contributed by atoms with Crippen LogP contribution in [0, 0.1) is 6.92 Å². The minimum Gasteiger partial charge on any atom is -0.401 e. The van der Waals surface area contributed by atoms with E-state index in [1.54, 1.807) is 28.9 Å². The van der Waals surface area contributed by atoms with Gasteiger partial charge in [-0.1, -0.05) is 33.5 Å². The maximum absolute atomic E-state index is 5.93. The van der Waals surface area contributed by atoms with E-state index in [2.05, 4.69) is 25.8 Å². The fourth-order valence-corrected chi connectivity index (χ4v) is 2.63. The molecule has 26 heavy (non-hydrogen) atoms. The number of nitrogens with zero attached hydrogens (tertiary/aromatic N) is 5. The van der Waals surface area contributed by atoms with Crippen LogP contribution in [0.2, 0.25) is 10.0 Å². The minimum absolute atomic E-state index is 0.253. The van der Waals surface area contributed by atoms with Crippen LogP contribution in [0.5, 0.6) is 0 Å². The van der Waals surface area contributed by atoms with E-state index < -0.39 is 0 Å². The van der Waals surface area contributed by atoms with Crippen LogP contribution in [0.15, 0.2) is 52.9 Å². The van der Waals surface area contributed by atoms with E-state index in [1.165, 1.54) is 0 Å². The van der Waals surface area contributed by atoms with Gasteiger partial charge < -0.3 is 9.73 Å². The highest BCUT2D eigenvalue weighted by Gasteiger charge is 2.18. The summed E-state index contributed by atoms with van der Waals surface area (Å²) in [5, 5.41) is 20.7. The quantitative estimate of drug-likeness (QED) is 0.548. The normalized spacial score (nSPS) is 10.9. The van der Waals surface area contributed by atoms with E-state index in [4.69, 9.17) is 27.6 Å². The molecular weight excluding hydrogens is 375 g/mol. The average Bonchev–Trinajstić information content (AvgIpc) is 3.24. The zero-order valence-corrected chi connectivity index (χ0v) is 15.0. The lowest BCUT2D eigenvalue weighted by atomic mass is 10.3. The Hall–Kier alpha value is -2.90. The van der Waals surface area contributed by atoms with Crippen LogP contribution < -0.4 is 5.32 Å². The van der Waals surface area contributed by atoms with Gasteiger partial charge in [0.1, 0.15) is 0 Å². The molecule has 130 valence electrons. The Morgan fingerprint density at radius 1 is 0.885 bits per heavy atom. The van der Waals surface area contributed by atoms with Gasteiger partial charge in [-0.25, -0.2) is 4.68 Å². The van der Waals surface area contributed by atoms with Crippen LogP contribution in [0.3, 0.4) is 0 Å². The highest BCUT2D eigenvalue weighted by molar-refractivity contribution is 6.30. The van der Waals surface area contributed by atoms with Crippen molar-refractivity contribution in [3.8, 4) is 17.3 Å². The summed E-state index contributed by atoms with van der Waals surface area (Å²) in [6.45, 7) is 1.88. The molecular formula is C17H12Cl2N6O. The number of rotatable bonds is 4. The van der Waals surface area contributed by atoms with Crippen molar-refractivity contribution in [2.45, 2.75) is 6.92 Å². The molecule has 0 fully saturated rings. The van der Waals surface area contributed by atoms with E-state index >= 15 is 0 Å². The molecule has 4 aromatic rings. The molecule has 1 N–H and O–H groups in total. The number of hydrogen-bond donors (Lipinski definition) is 1. The van der Waals surface area contributed by atoms with E-state index in [9.17, 15) is 0 Å². The summed E-state index contributed by atoms with van der Waals surface area (Å²) in [5.41, 5.74) is 2.90. The molecule has 0 spiro atoms. The second-order valence-electron chi connectivity index (χ2n) is 5.46. The fourth-order valence-electron chi connectivity index (χ4n) is 2.38. The molecule has 2 aromatic heterocycles. The van der Waals surface area contributed by atoms with Crippen LogP contribution in [-0.4, -0.2) is 25.2 Å². The van der Waals surface area contributed by atoms with Gasteiger partial charge in [0.05, 0.1) is 11.4 Å². The average molecular weight is 387 g/mol. The Labute approximate surface area is 158 Å². The third-order valence-electron chi connectivity index (χ3n) is 3.69. The Kier molecular flexibility index (Phi) is 4.32. The van der Waals surface area contributed by atoms with E-state index in [0.717, 1.165) is 17.1 Å². The number of aromatic nitrogens is 5. The molecule has 0 saturated carbocycles. The van der Waals surface area contributed by atoms with E-state index in [-0.39, 0.29) is 11.9 Å². The van der Waals surface area contributed by atoms with Gasteiger partial charge in [-0.15, -0.1) is 10.2 Å². The molecule has 7 nitrogen and oxygen atoms in total. The van der Waals surface area contributed by atoms with Gasteiger partial charge in [0.2, 0.25) is 0 Å². The smallest absolute Gasteiger partial charge is 0.320 e. The van der Waals surface area contributed by atoms with Crippen molar-refractivity contribution in [2.24, 2.45) is 0 Å². The Morgan fingerprint density at radius 3 is 2.23 bits per heavy atom. The summed E-state index contributed by atoms with van der Waals surface area (Å²) < 4.78 is 7.33. The maximum Gasteiger partial charge on any atom is 0.320 e. The van der Waals surface area contributed by atoms with Crippen LogP contribution >= 0.6 is 23.2 Å². The van der Waals surface area contributed by atoms with Crippen LogP contribution in [0.25, 0.3) is 17.3 Å². The van der Waals surface area contributed by atoms with Crippen molar-refractivity contribution in [3.63, 3.8) is 0 Å². The highest BCUT2D eigenvalue weighted by Crippen LogP contribution is 2.25. The van der Waals surface area contributed by atoms with Crippen molar-refractivity contribution >= 4 is 34.9 Å². The lowest BCUT2D eigenvalue weighted by Crippen LogP contribution is -1.98. The van der Waals surface area contributed by atoms with Crippen molar-refractivity contribution in [2.75, 3.05) is 5.32 Å². The second kappa shape index (κ2) is 6.78. The molecule has 2 aromatic carbocycles. The largest absolute Gasteiger partial charge is 0.401 e. The molecule has 0 aliphatic heterocycles. The topological polar surface area (TPSA) is 81.7 Å². The first-order valence-electron chi connectivity index (χ1n) is 7.65. The van der Waals surface area contributed by atoms with Crippen LogP contribution in [0.4, 0.5) is 11.7 Å². The predicted octanol–water partition coefficient (Wildman–Crippen LogP) is 4.68. The number of anilines is 2. The zero-order chi connectivity index (χ0) is 18.1. The molecule has 2 heterocycles. The Morgan fingerprint density at radius 2 is 1.54 bits per heavy atom. The van der Waals surface area contributed by atoms with Gasteiger partial charge in [0, 0.05) is 15.7 Å². The molecule has 9 heteroatoms. The van der Waals surface area contributed by atoms with Crippen molar-refractivity contribution in [1.29, 1.82) is 0 Å². The zero-order valence-electron chi connectivity index (χ0n) is 13.5. The summed E-state index contributed by atoms with van der Waals surface area (Å²) in [5.74, 6) is 0.277. The van der Waals surface area contributed by atoms with Crippen LogP contribution in [0.1, 0.15) is 5.69 Å². The lowest BCUT2D eigenvalue weighted by molar-refractivity contribution is 0.584.